The molecule has 1 aliphatic heterocycles. The van der Waals surface area contributed by atoms with Crippen LogP contribution in [0.5, 0.6) is 0 Å². The Hall–Kier alpha value is -0.180. The molecular formula is C14H26N2S. The van der Waals surface area contributed by atoms with Gasteiger partial charge < -0.3 is 5.32 Å². The van der Waals surface area contributed by atoms with Gasteiger partial charge >= 0.3 is 0 Å². The molecule has 1 saturated heterocycles. The van der Waals surface area contributed by atoms with Crippen molar-refractivity contribution in [3.8, 4) is 0 Å². The van der Waals surface area contributed by atoms with Crippen LogP contribution in [0.3, 0.4) is 0 Å². The lowest BCUT2D eigenvalue weighted by molar-refractivity contribution is 0.263. The lowest BCUT2D eigenvalue weighted by Gasteiger charge is -2.33. The number of aliphatic imine (C=N–C) groups is 1. The fraction of sp³-hybridized carbons (Fsp3) is 0.929. The van der Waals surface area contributed by atoms with Gasteiger partial charge in [0.05, 0.1) is 0 Å². The third-order valence-corrected chi connectivity index (χ3v) is 5.08. The molecule has 0 aromatic carbocycles. The van der Waals surface area contributed by atoms with E-state index in [-0.39, 0.29) is 5.54 Å². The molecule has 17 heavy (non-hydrogen) atoms. The first-order valence-electron chi connectivity index (χ1n) is 7.02. The molecule has 2 nitrogen and oxygen atoms in total. The molecule has 3 heteroatoms. The molecule has 2 atom stereocenters. The van der Waals surface area contributed by atoms with Crippen molar-refractivity contribution < 1.29 is 0 Å². The normalized spacial score (nSPS) is 35.6. The minimum Gasteiger partial charge on any atom is -0.360 e. The molecule has 1 N–H and O–H groups in total. The number of nitrogens with zero attached hydrogens (tertiary/aromatic N) is 1. The van der Waals surface area contributed by atoms with Gasteiger partial charge in [-0.3, -0.25) is 4.99 Å². The van der Waals surface area contributed by atoms with Gasteiger partial charge in [0.25, 0.3) is 0 Å². The first-order chi connectivity index (χ1) is 8.07. The smallest absolute Gasteiger partial charge is 0.156 e. The average molecular weight is 254 g/mol. The van der Waals surface area contributed by atoms with Crippen molar-refractivity contribution in [1.82, 2.24) is 5.32 Å². The van der Waals surface area contributed by atoms with Crippen LogP contribution >= 0.6 is 11.8 Å². The van der Waals surface area contributed by atoms with Crippen molar-refractivity contribution in [3.05, 3.63) is 0 Å². The van der Waals surface area contributed by atoms with E-state index >= 15 is 0 Å². The number of nitrogens with one attached hydrogen (secondary N) is 1. The van der Waals surface area contributed by atoms with E-state index in [1.165, 1.54) is 43.0 Å². The van der Waals surface area contributed by atoms with E-state index in [1.807, 2.05) is 11.8 Å². The quantitative estimate of drug-likeness (QED) is 0.813. The van der Waals surface area contributed by atoms with Crippen molar-refractivity contribution in [2.24, 2.45) is 16.8 Å². The lowest BCUT2D eigenvalue weighted by Crippen LogP contribution is -2.46. The van der Waals surface area contributed by atoms with Crippen LogP contribution in [-0.2, 0) is 0 Å². The zero-order chi connectivity index (χ0) is 12.3. The average Bonchev–Trinajstić information content (AvgIpc) is 2.27. The summed E-state index contributed by atoms with van der Waals surface area (Å²) in [6.45, 7) is 7.97. The van der Waals surface area contributed by atoms with Gasteiger partial charge in [0, 0.05) is 17.8 Å². The van der Waals surface area contributed by atoms with Gasteiger partial charge in [0.2, 0.25) is 0 Å². The largest absolute Gasteiger partial charge is 0.360 e. The maximum Gasteiger partial charge on any atom is 0.156 e. The van der Waals surface area contributed by atoms with E-state index in [1.54, 1.807) is 0 Å². The van der Waals surface area contributed by atoms with E-state index in [0.29, 0.717) is 0 Å². The number of hydrogen-bond acceptors (Lipinski definition) is 2. The molecule has 2 fully saturated rings. The molecule has 2 rings (SSSR count). The Kier molecular flexibility index (Phi) is 4.40. The Morgan fingerprint density at radius 1 is 1.35 bits per heavy atom. The summed E-state index contributed by atoms with van der Waals surface area (Å²) in [6.07, 6.45) is 6.85. The second-order valence-electron chi connectivity index (χ2n) is 6.28. The fourth-order valence-electron chi connectivity index (χ4n) is 2.74. The van der Waals surface area contributed by atoms with E-state index < -0.39 is 0 Å². The topological polar surface area (TPSA) is 24.4 Å². The van der Waals surface area contributed by atoms with Crippen LogP contribution in [0.15, 0.2) is 4.99 Å². The van der Waals surface area contributed by atoms with Gasteiger partial charge in [-0.15, -0.1) is 0 Å². The van der Waals surface area contributed by atoms with Crippen molar-refractivity contribution in [2.75, 3.05) is 12.3 Å². The van der Waals surface area contributed by atoms with Crippen molar-refractivity contribution >= 4 is 16.9 Å². The minimum absolute atomic E-state index is 0.238. The third kappa shape index (κ3) is 3.90. The highest BCUT2D eigenvalue weighted by Gasteiger charge is 2.25. The Morgan fingerprint density at radius 2 is 2.12 bits per heavy atom. The van der Waals surface area contributed by atoms with Gasteiger partial charge in [0.1, 0.15) is 0 Å². The molecule has 0 bridgehead atoms. The molecule has 2 unspecified atom stereocenters. The van der Waals surface area contributed by atoms with Crippen molar-refractivity contribution in [1.29, 1.82) is 0 Å². The third-order valence-electron chi connectivity index (χ3n) is 4.17. The molecule has 1 saturated carbocycles. The van der Waals surface area contributed by atoms with E-state index in [0.717, 1.165) is 18.4 Å². The Bertz CT molecular complexity index is 286. The Morgan fingerprint density at radius 3 is 2.82 bits per heavy atom. The first kappa shape index (κ1) is 13.3. The van der Waals surface area contributed by atoms with E-state index in [9.17, 15) is 0 Å². The van der Waals surface area contributed by atoms with Crippen LogP contribution in [0.25, 0.3) is 0 Å². The second kappa shape index (κ2) is 5.64. The molecule has 1 aliphatic carbocycles. The summed E-state index contributed by atoms with van der Waals surface area (Å²) in [4.78, 5) is 4.82. The molecule has 0 radical (unpaired) electrons. The zero-order valence-electron chi connectivity index (χ0n) is 11.5. The van der Waals surface area contributed by atoms with Crippen molar-refractivity contribution in [3.63, 3.8) is 0 Å². The summed E-state index contributed by atoms with van der Waals surface area (Å²) >= 11 is 1.89. The highest BCUT2D eigenvalue weighted by Crippen LogP contribution is 2.30. The molecule has 98 valence electrons. The highest BCUT2D eigenvalue weighted by molar-refractivity contribution is 8.13. The Labute approximate surface area is 110 Å². The van der Waals surface area contributed by atoms with Gasteiger partial charge in [-0.1, -0.05) is 37.9 Å². The van der Waals surface area contributed by atoms with Gasteiger partial charge in [-0.2, -0.15) is 0 Å². The molecular weight excluding hydrogens is 228 g/mol. The second-order valence-corrected chi connectivity index (χ2v) is 7.36. The number of amidine groups is 1. The van der Waals surface area contributed by atoms with Gasteiger partial charge in [-0.25, -0.2) is 0 Å². The molecule has 2 aliphatic rings. The fourth-order valence-corrected chi connectivity index (χ4v) is 4.06. The van der Waals surface area contributed by atoms with Crippen LogP contribution in [0.2, 0.25) is 0 Å². The van der Waals surface area contributed by atoms with Gasteiger partial charge in [0.15, 0.2) is 5.17 Å². The summed E-state index contributed by atoms with van der Waals surface area (Å²) < 4.78 is 0. The van der Waals surface area contributed by atoms with Crippen LogP contribution in [0.1, 0.15) is 52.9 Å². The van der Waals surface area contributed by atoms with Gasteiger partial charge in [-0.05, 0) is 38.5 Å². The first-order valence-corrected chi connectivity index (χ1v) is 8.01. The van der Waals surface area contributed by atoms with Crippen LogP contribution < -0.4 is 5.32 Å². The maximum atomic E-state index is 4.82. The SMILES string of the molecule is CC1CCCCC1CN=C1NC(C)(C)CCS1. The summed E-state index contributed by atoms with van der Waals surface area (Å²) in [7, 11) is 0. The van der Waals surface area contributed by atoms with E-state index in [4.69, 9.17) is 4.99 Å². The van der Waals surface area contributed by atoms with Crippen LogP contribution in [0, 0.1) is 11.8 Å². The summed E-state index contributed by atoms with van der Waals surface area (Å²) in [6, 6.07) is 0. The summed E-state index contributed by atoms with van der Waals surface area (Å²) in [5, 5.41) is 4.74. The maximum absolute atomic E-state index is 4.82. The number of hydrogen-bond donors (Lipinski definition) is 1. The molecule has 0 aromatic rings. The standard InChI is InChI=1S/C14H26N2S/c1-11-6-4-5-7-12(11)10-15-13-16-14(2,3)8-9-17-13/h11-12H,4-10H2,1-3H3,(H,15,16). The summed E-state index contributed by atoms with van der Waals surface area (Å²) in [5.74, 6) is 2.90. The predicted octanol–water partition coefficient (Wildman–Crippen LogP) is 3.67. The van der Waals surface area contributed by atoms with Crippen LogP contribution in [-0.4, -0.2) is 23.0 Å². The van der Waals surface area contributed by atoms with E-state index in [2.05, 4.69) is 26.1 Å². The van der Waals surface area contributed by atoms with Crippen molar-refractivity contribution in [2.45, 2.75) is 58.4 Å². The summed E-state index contributed by atoms with van der Waals surface area (Å²) in [5.41, 5.74) is 0.238. The number of thioether (sulfide) groups is 1. The molecule has 0 aromatic heterocycles. The number of rotatable bonds is 2. The minimum atomic E-state index is 0.238. The monoisotopic (exact) mass is 254 g/mol. The molecule has 1 heterocycles. The highest BCUT2D eigenvalue weighted by atomic mass is 32.2. The predicted molar refractivity (Wildman–Crippen MR) is 77.7 cm³/mol. The van der Waals surface area contributed by atoms with Crippen LogP contribution in [0.4, 0.5) is 0 Å². The lowest BCUT2D eigenvalue weighted by atomic mass is 9.80. The Balaban J connectivity index is 1.86. The zero-order valence-corrected chi connectivity index (χ0v) is 12.3. The molecule has 0 spiro atoms. The molecule has 0 amide bonds.